The summed E-state index contributed by atoms with van der Waals surface area (Å²) < 4.78 is 15.7. The fraction of sp³-hybridized carbons (Fsp3) is 0.109. The van der Waals surface area contributed by atoms with E-state index < -0.39 is 0 Å². The van der Waals surface area contributed by atoms with E-state index in [2.05, 4.69) is 113 Å². The van der Waals surface area contributed by atoms with Crippen molar-refractivity contribution in [3.63, 3.8) is 0 Å². The third kappa shape index (κ3) is 9.07. The molecule has 0 amide bonds. The Morgan fingerprint density at radius 1 is 0.477 bits per heavy atom. The van der Waals surface area contributed by atoms with Crippen molar-refractivity contribution >= 4 is 21.8 Å². The zero-order valence-electron chi connectivity index (χ0n) is 35.8. The Bertz CT molecular complexity index is 3020. The maximum Gasteiger partial charge on any atom is 2.00 e. The minimum absolute atomic E-state index is 0. The van der Waals surface area contributed by atoms with Crippen molar-refractivity contribution in [2.75, 3.05) is 0 Å². The molecule has 0 aliphatic heterocycles. The van der Waals surface area contributed by atoms with Crippen LogP contribution in [0.25, 0.3) is 72.5 Å². The first-order valence-corrected chi connectivity index (χ1v) is 20.9. The van der Waals surface area contributed by atoms with Gasteiger partial charge in [0.15, 0.2) is 0 Å². The fourth-order valence-electron chi connectivity index (χ4n) is 8.06. The molecule has 8 nitrogen and oxygen atoms in total. The van der Waals surface area contributed by atoms with Gasteiger partial charge < -0.3 is 24.0 Å². The summed E-state index contributed by atoms with van der Waals surface area (Å²) in [5.74, 6) is 2.90. The van der Waals surface area contributed by atoms with E-state index in [9.17, 15) is 0 Å². The number of ether oxygens (including phenoxy) is 2. The predicted octanol–water partition coefficient (Wildman–Crippen LogP) is 13.5. The van der Waals surface area contributed by atoms with Gasteiger partial charge in [-0.15, -0.1) is 58.7 Å². The fourth-order valence-corrected chi connectivity index (χ4v) is 8.06. The zero-order chi connectivity index (χ0) is 42.9. The Balaban J connectivity index is 0.00000288. The zero-order valence-corrected chi connectivity index (χ0v) is 40.3. The van der Waals surface area contributed by atoms with Crippen LogP contribution in [0.4, 0.5) is 0 Å². The molecule has 0 unspecified atom stereocenters. The topological polar surface area (TPSA) is 87.8 Å². The molecule has 0 fully saturated rings. The third-order valence-electron chi connectivity index (χ3n) is 11.0. The standard InChI is InChI=1S/C55H40N6O2.2Pt/c1-35(2)45-27-39(47-19-11-13-25-57-47)29-51(53(45)37-15-7-5-8-16-37)62-41-21-23-43-44-24-22-42(32-50(44)61(49(43)31-41)55-59-33-56-34-60-55)63-52-30-40(48-20-12-14-26-58-48)28-46(36(3)4)54(52)38-17-9-6-10-18-38;;/h5-28,33-36H,1-4H3;;/q-4;2*+2. The SMILES string of the molecule is CC(C)c1cc(-c2ccccn2)[c-]c(Oc2[c-]c3c(cc2)c2ccc(Oc4[c-]c(-c5ccccn5)cc(C(C)C)c4-c4ccccc4)[c-]c2n3-c2ncncn2)c1-c1ccccc1.[Pt+2].[Pt+2]. The van der Waals surface area contributed by atoms with Gasteiger partial charge in [0.2, 0.25) is 5.95 Å². The number of fused-ring (bicyclic) bond motifs is 3. The summed E-state index contributed by atoms with van der Waals surface area (Å²) in [6, 6.07) is 59.0. The van der Waals surface area contributed by atoms with Crippen molar-refractivity contribution < 1.29 is 51.6 Å². The van der Waals surface area contributed by atoms with Crippen molar-refractivity contribution in [3.8, 4) is 73.7 Å². The van der Waals surface area contributed by atoms with E-state index in [1.54, 1.807) is 12.4 Å². The quantitative estimate of drug-likeness (QED) is 0.119. The molecule has 0 aliphatic carbocycles. The van der Waals surface area contributed by atoms with E-state index in [1.807, 2.05) is 102 Å². The molecule has 6 aromatic carbocycles. The molecule has 0 bridgehead atoms. The molecule has 0 aliphatic rings. The summed E-state index contributed by atoms with van der Waals surface area (Å²) in [4.78, 5) is 22.6. The van der Waals surface area contributed by atoms with Crippen LogP contribution in [0.2, 0.25) is 0 Å². The van der Waals surface area contributed by atoms with Crippen LogP contribution in [0, 0.1) is 24.3 Å². The number of rotatable bonds is 11. The second-order valence-electron chi connectivity index (χ2n) is 15.8. The van der Waals surface area contributed by atoms with E-state index in [0.29, 0.717) is 40.0 Å². The van der Waals surface area contributed by atoms with Gasteiger partial charge in [-0.3, -0.25) is 0 Å². The monoisotopic (exact) mass is 1210 g/mol. The first-order valence-electron chi connectivity index (χ1n) is 20.9. The van der Waals surface area contributed by atoms with Crippen molar-refractivity contribution in [3.05, 3.63) is 194 Å². The van der Waals surface area contributed by atoms with Crippen molar-refractivity contribution in [1.82, 2.24) is 29.5 Å². The summed E-state index contributed by atoms with van der Waals surface area (Å²) in [5.41, 5.74) is 10.9. The number of aromatic nitrogens is 6. The van der Waals surface area contributed by atoms with Gasteiger partial charge in [-0.1, -0.05) is 158 Å². The van der Waals surface area contributed by atoms with E-state index in [-0.39, 0.29) is 54.0 Å². The Labute approximate surface area is 407 Å². The molecule has 0 saturated carbocycles. The minimum atomic E-state index is 0. The van der Waals surface area contributed by atoms with Crippen LogP contribution in [-0.4, -0.2) is 29.5 Å². The second kappa shape index (κ2) is 19.7. The second-order valence-corrected chi connectivity index (χ2v) is 15.8. The van der Waals surface area contributed by atoms with Crippen LogP contribution in [-0.2, 0) is 42.1 Å². The van der Waals surface area contributed by atoms with Crippen LogP contribution >= 0.6 is 0 Å². The summed E-state index contributed by atoms with van der Waals surface area (Å²) in [7, 11) is 0. The van der Waals surface area contributed by atoms with Gasteiger partial charge in [0.05, 0.1) is 0 Å². The van der Waals surface area contributed by atoms with Crippen molar-refractivity contribution in [1.29, 1.82) is 0 Å². The maximum atomic E-state index is 6.90. The normalized spacial score (nSPS) is 11.1. The molecular weight excluding hydrogens is 1170 g/mol. The molecule has 10 rings (SSSR count). The van der Waals surface area contributed by atoms with Gasteiger partial charge in [-0.05, 0) is 35.4 Å². The largest absolute Gasteiger partial charge is 2.00 e. The number of benzene rings is 6. The van der Waals surface area contributed by atoms with Crippen LogP contribution in [0.5, 0.6) is 23.0 Å². The summed E-state index contributed by atoms with van der Waals surface area (Å²) in [6.45, 7) is 8.76. The number of nitrogens with zero attached hydrogens (tertiary/aromatic N) is 6. The van der Waals surface area contributed by atoms with E-state index >= 15 is 0 Å². The van der Waals surface area contributed by atoms with Gasteiger partial charge >= 0.3 is 42.1 Å². The van der Waals surface area contributed by atoms with Crippen molar-refractivity contribution in [2.24, 2.45) is 0 Å². The molecule has 0 saturated heterocycles. The molecule has 0 radical (unpaired) electrons. The number of hydrogen-bond donors (Lipinski definition) is 0. The smallest absolute Gasteiger partial charge is 0.502 e. The molecule has 0 atom stereocenters. The third-order valence-corrected chi connectivity index (χ3v) is 11.0. The van der Waals surface area contributed by atoms with Crippen LogP contribution in [0.3, 0.4) is 0 Å². The molecule has 322 valence electrons. The Morgan fingerprint density at radius 3 is 1.31 bits per heavy atom. The molecule has 65 heavy (non-hydrogen) atoms. The van der Waals surface area contributed by atoms with Gasteiger partial charge in [0, 0.05) is 35.4 Å². The molecule has 0 spiro atoms. The Kier molecular flexibility index (Phi) is 13.6. The van der Waals surface area contributed by atoms with Gasteiger partial charge in [0.1, 0.15) is 12.7 Å². The molecule has 10 heteroatoms. The summed E-state index contributed by atoms with van der Waals surface area (Å²) in [5, 5.41) is 1.82. The molecule has 4 aromatic heterocycles. The molecule has 4 heterocycles. The minimum Gasteiger partial charge on any atom is -0.502 e. The average Bonchev–Trinajstić information content (AvgIpc) is 3.65. The van der Waals surface area contributed by atoms with Gasteiger partial charge in [0.25, 0.3) is 0 Å². The number of hydrogen-bond acceptors (Lipinski definition) is 7. The number of pyridine rings is 2. The van der Waals surface area contributed by atoms with Gasteiger partial charge in [-0.2, -0.15) is 22.9 Å². The van der Waals surface area contributed by atoms with E-state index in [4.69, 9.17) is 9.47 Å². The van der Waals surface area contributed by atoms with Crippen LogP contribution in [0.15, 0.2) is 159 Å². The van der Waals surface area contributed by atoms with Gasteiger partial charge in [-0.25, -0.2) is 15.0 Å². The van der Waals surface area contributed by atoms with Crippen molar-refractivity contribution in [2.45, 2.75) is 39.5 Å². The predicted molar refractivity (Wildman–Crippen MR) is 248 cm³/mol. The summed E-state index contributed by atoms with van der Waals surface area (Å²) >= 11 is 0. The first kappa shape index (κ1) is 45.0. The average molecular weight is 1210 g/mol. The molecule has 10 aromatic rings. The maximum absolute atomic E-state index is 6.90. The first-order chi connectivity index (χ1) is 30.9. The van der Waals surface area contributed by atoms with Crippen LogP contribution < -0.4 is 9.47 Å². The summed E-state index contributed by atoms with van der Waals surface area (Å²) in [6.07, 6.45) is 6.55. The van der Waals surface area contributed by atoms with E-state index in [0.717, 1.165) is 66.7 Å². The Morgan fingerprint density at radius 2 is 0.908 bits per heavy atom. The molecule has 0 N–H and O–H groups in total. The van der Waals surface area contributed by atoms with E-state index in [1.165, 1.54) is 12.7 Å². The Hall–Kier alpha value is -6.59. The van der Waals surface area contributed by atoms with Crippen LogP contribution in [0.1, 0.15) is 50.7 Å². The molecular formula is C55H40N6O2Pt2.